The van der Waals surface area contributed by atoms with E-state index >= 15 is 0 Å². The lowest BCUT2D eigenvalue weighted by Crippen LogP contribution is -2.29. The molecule has 1 atom stereocenters. The molecule has 1 heterocycles. The minimum Gasteiger partial charge on any atom is -0.286 e. The van der Waals surface area contributed by atoms with Crippen molar-refractivity contribution in [1.29, 1.82) is 0 Å². The van der Waals surface area contributed by atoms with E-state index in [4.69, 9.17) is 0 Å². The molecular weight excluding hydrogens is 441 g/mol. The SMILES string of the molecule is O=S(=O)(NCCC1C=CC=N1)c1cc(S(=O)(=O)c2ccccc2)ccc1C(F)(F)F. The zero-order valence-electron chi connectivity index (χ0n) is 15.4. The van der Waals surface area contributed by atoms with Gasteiger partial charge in [-0.15, -0.1) is 0 Å². The summed E-state index contributed by atoms with van der Waals surface area (Å²) in [7, 11) is -8.85. The second kappa shape index (κ2) is 8.32. The highest BCUT2D eigenvalue weighted by molar-refractivity contribution is 7.91. The Morgan fingerprint density at radius 2 is 1.67 bits per heavy atom. The van der Waals surface area contributed by atoms with Crippen LogP contribution in [0.4, 0.5) is 13.2 Å². The first kappa shape index (κ1) is 22.2. The smallest absolute Gasteiger partial charge is 0.286 e. The van der Waals surface area contributed by atoms with Gasteiger partial charge >= 0.3 is 6.18 Å². The molecule has 0 radical (unpaired) electrons. The van der Waals surface area contributed by atoms with Crippen molar-refractivity contribution in [2.45, 2.75) is 33.3 Å². The van der Waals surface area contributed by atoms with Gasteiger partial charge in [0.25, 0.3) is 0 Å². The fourth-order valence-corrected chi connectivity index (χ4v) is 5.52. The molecule has 0 fully saturated rings. The van der Waals surface area contributed by atoms with E-state index in [0.29, 0.717) is 12.1 Å². The van der Waals surface area contributed by atoms with Crippen LogP contribution in [0.1, 0.15) is 12.0 Å². The molecule has 0 amide bonds. The fourth-order valence-electron chi connectivity index (χ4n) is 2.84. The van der Waals surface area contributed by atoms with Crippen LogP contribution in [-0.4, -0.2) is 35.6 Å². The third kappa shape index (κ3) is 4.79. The van der Waals surface area contributed by atoms with E-state index in [2.05, 4.69) is 9.71 Å². The van der Waals surface area contributed by atoms with Crippen molar-refractivity contribution < 1.29 is 30.0 Å². The van der Waals surface area contributed by atoms with Crippen LogP contribution in [-0.2, 0) is 26.0 Å². The summed E-state index contributed by atoms with van der Waals surface area (Å²) in [5.41, 5.74) is -1.44. The normalized spacial score (nSPS) is 16.8. The Bertz CT molecular complexity index is 1180. The lowest BCUT2D eigenvalue weighted by molar-refractivity contribution is -0.139. The van der Waals surface area contributed by atoms with Crippen molar-refractivity contribution in [2.75, 3.05) is 6.54 Å². The molecule has 0 spiro atoms. The number of halogens is 3. The second-order valence-electron chi connectivity index (χ2n) is 6.41. The van der Waals surface area contributed by atoms with Crippen LogP contribution in [0.3, 0.4) is 0 Å². The summed E-state index contributed by atoms with van der Waals surface area (Å²) >= 11 is 0. The van der Waals surface area contributed by atoms with Crippen molar-refractivity contribution in [1.82, 2.24) is 4.72 Å². The molecule has 1 N–H and O–H groups in total. The number of alkyl halides is 3. The van der Waals surface area contributed by atoms with Gasteiger partial charge in [0.15, 0.2) is 0 Å². The Hall–Kier alpha value is -2.50. The molecular formula is C19H17F3N2O4S2. The Morgan fingerprint density at radius 1 is 0.967 bits per heavy atom. The number of sulfone groups is 1. The zero-order valence-corrected chi connectivity index (χ0v) is 17.0. The van der Waals surface area contributed by atoms with Crippen molar-refractivity contribution in [3.63, 3.8) is 0 Å². The monoisotopic (exact) mass is 458 g/mol. The molecule has 1 aliphatic rings. The van der Waals surface area contributed by atoms with Gasteiger partial charge < -0.3 is 0 Å². The van der Waals surface area contributed by atoms with Gasteiger partial charge in [0, 0.05) is 12.8 Å². The van der Waals surface area contributed by atoms with E-state index in [1.165, 1.54) is 24.3 Å². The molecule has 3 rings (SSSR count). The van der Waals surface area contributed by atoms with Gasteiger partial charge in [0.05, 0.1) is 26.3 Å². The topological polar surface area (TPSA) is 92.7 Å². The Balaban J connectivity index is 1.99. The van der Waals surface area contributed by atoms with Gasteiger partial charge in [0.1, 0.15) is 0 Å². The minimum atomic E-state index is -4.99. The molecule has 0 saturated carbocycles. The quantitative estimate of drug-likeness (QED) is 0.690. The van der Waals surface area contributed by atoms with Gasteiger partial charge in [-0.05, 0) is 42.8 Å². The number of sulfonamides is 1. The number of rotatable bonds is 7. The molecule has 160 valence electrons. The molecule has 11 heteroatoms. The number of allylic oxidation sites excluding steroid dienone is 1. The average Bonchev–Trinajstić information content (AvgIpc) is 3.21. The molecule has 0 aliphatic carbocycles. The van der Waals surface area contributed by atoms with E-state index in [0.717, 1.165) is 6.07 Å². The molecule has 1 unspecified atom stereocenters. The van der Waals surface area contributed by atoms with Crippen LogP contribution in [0.2, 0.25) is 0 Å². The first-order valence-corrected chi connectivity index (χ1v) is 11.7. The van der Waals surface area contributed by atoms with E-state index in [1.807, 2.05) is 0 Å². The third-order valence-electron chi connectivity index (χ3n) is 4.34. The van der Waals surface area contributed by atoms with Gasteiger partial charge in [-0.2, -0.15) is 13.2 Å². The molecule has 0 aromatic heterocycles. The van der Waals surface area contributed by atoms with Crippen molar-refractivity contribution in [2.24, 2.45) is 4.99 Å². The molecule has 0 bridgehead atoms. The van der Waals surface area contributed by atoms with Gasteiger partial charge in [-0.25, -0.2) is 21.6 Å². The molecule has 2 aromatic carbocycles. The number of nitrogens with one attached hydrogen (secondary N) is 1. The second-order valence-corrected chi connectivity index (χ2v) is 10.1. The number of aliphatic imine (C=N–C) groups is 1. The highest BCUT2D eigenvalue weighted by Crippen LogP contribution is 2.36. The average molecular weight is 458 g/mol. The van der Waals surface area contributed by atoms with Gasteiger partial charge in [-0.1, -0.05) is 24.3 Å². The first-order valence-electron chi connectivity index (χ1n) is 8.73. The standard InChI is InChI=1S/C19H17F3N2O4S2/c20-19(21,22)17-9-8-16(29(25,26)15-6-2-1-3-7-15)13-18(17)30(27,28)24-12-10-14-5-4-11-23-14/h1-9,11,13-14,24H,10,12H2. The summed E-state index contributed by atoms with van der Waals surface area (Å²) in [6.07, 6.45) is 0.202. The minimum absolute atomic E-state index is 0.160. The van der Waals surface area contributed by atoms with Crippen LogP contribution in [0.5, 0.6) is 0 Å². The van der Waals surface area contributed by atoms with Crippen LogP contribution >= 0.6 is 0 Å². The predicted octanol–water partition coefficient (Wildman–Crippen LogP) is 3.22. The maximum absolute atomic E-state index is 13.4. The highest BCUT2D eigenvalue weighted by Gasteiger charge is 2.38. The van der Waals surface area contributed by atoms with Gasteiger partial charge in [-0.3, -0.25) is 4.99 Å². The van der Waals surface area contributed by atoms with E-state index in [-0.39, 0.29) is 23.9 Å². The van der Waals surface area contributed by atoms with E-state index < -0.39 is 41.4 Å². The van der Waals surface area contributed by atoms with Crippen LogP contribution in [0.15, 0.2) is 80.4 Å². The molecule has 1 aliphatic heterocycles. The molecule has 6 nitrogen and oxygen atoms in total. The molecule has 2 aromatic rings. The predicted molar refractivity (Wildman–Crippen MR) is 105 cm³/mol. The fraction of sp³-hybridized carbons (Fsp3) is 0.211. The Kier molecular flexibility index (Phi) is 6.16. The summed E-state index contributed by atoms with van der Waals surface area (Å²) in [4.78, 5) is 2.18. The highest BCUT2D eigenvalue weighted by atomic mass is 32.2. The lowest BCUT2D eigenvalue weighted by atomic mass is 10.2. The largest absolute Gasteiger partial charge is 0.417 e. The van der Waals surface area contributed by atoms with Crippen LogP contribution in [0, 0.1) is 0 Å². The first-order chi connectivity index (χ1) is 14.0. The summed E-state index contributed by atoms with van der Waals surface area (Å²) in [5.74, 6) is 0. The van der Waals surface area contributed by atoms with Crippen LogP contribution in [0.25, 0.3) is 0 Å². The number of hydrogen-bond acceptors (Lipinski definition) is 5. The Morgan fingerprint density at radius 3 is 2.27 bits per heavy atom. The lowest BCUT2D eigenvalue weighted by Gasteiger charge is -2.16. The summed E-state index contributed by atoms with van der Waals surface area (Å²) in [6.45, 7) is -0.165. The van der Waals surface area contributed by atoms with Gasteiger partial charge in [0.2, 0.25) is 19.9 Å². The van der Waals surface area contributed by atoms with Crippen LogP contribution < -0.4 is 4.72 Å². The molecule has 0 saturated heterocycles. The number of benzene rings is 2. The third-order valence-corrected chi connectivity index (χ3v) is 7.61. The summed E-state index contributed by atoms with van der Waals surface area (Å²) < 4.78 is 93.1. The zero-order chi connectivity index (χ0) is 22.0. The number of nitrogens with zero attached hydrogens (tertiary/aromatic N) is 1. The van der Waals surface area contributed by atoms with Crippen molar-refractivity contribution in [3.05, 3.63) is 66.2 Å². The number of hydrogen-bond donors (Lipinski definition) is 1. The maximum Gasteiger partial charge on any atom is 0.417 e. The Labute approximate surface area is 172 Å². The summed E-state index contributed by atoms with van der Waals surface area (Å²) in [6, 6.07) is 8.53. The van der Waals surface area contributed by atoms with Crippen molar-refractivity contribution in [3.8, 4) is 0 Å². The van der Waals surface area contributed by atoms with Crippen molar-refractivity contribution >= 4 is 26.1 Å². The summed E-state index contributed by atoms with van der Waals surface area (Å²) in [5, 5.41) is 0. The maximum atomic E-state index is 13.4. The molecule has 30 heavy (non-hydrogen) atoms. The van der Waals surface area contributed by atoms with E-state index in [9.17, 15) is 30.0 Å². The van der Waals surface area contributed by atoms with E-state index in [1.54, 1.807) is 24.4 Å².